The molecule has 0 radical (unpaired) electrons. The fourth-order valence-corrected chi connectivity index (χ4v) is 6.89. The minimum Gasteiger partial charge on any atom is -0.493 e. The molecule has 38 heavy (non-hydrogen) atoms. The molecule has 4 aliphatic rings. The minimum absolute atomic E-state index is 0.121. The highest BCUT2D eigenvalue weighted by Crippen LogP contribution is 2.65. The van der Waals surface area contributed by atoms with Crippen LogP contribution in [-0.4, -0.2) is 72.8 Å². The Hall–Kier alpha value is -2.91. The molecule has 1 saturated heterocycles. The highest BCUT2D eigenvalue weighted by Gasteiger charge is 2.72. The minimum atomic E-state index is -1.12. The first-order valence-electron chi connectivity index (χ1n) is 13.4. The molecule has 5 rings (SSSR count). The van der Waals surface area contributed by atoms with Crippen molar-refractivity contribution in [1.29, 1.82) is 0 Å². The Kier molecular flexibility index (Phi) is 6.80. The molecule has 0 aromatic heterocycles. The lowest BCUT2D eigenvalue weighted by atomic mass is 9.50. The van der Waals surface area contributed by atoms with Gasteiger partial charge in [0.2, 0.25) is 0 Å². The number of methoxy groups -OCH3 is 1. The van der Waals surface area contributed by atoms with E-state index in [1.54, 1.807) is 13.2 Å². The predicted molar refractivity (Wildman–Crippen MR) is 137 cm³/mol. The maximum Gasteiger partial charge on any atom is 0.315 e. The molecular weight excluding hydrogens is 490 g/mol. The zero-order valence-electron chi connectivity index (χ0n) is 22.7. The van der Waals surface area contributed by atoms with Crippen molar-refractivity contribution >= 4 is 17.7 Å². The van der Waals surface area contributed by atoms with Crippen molar-refractivity contribution in [2.45, 2.75) is 76.0 Å². The summed E-state index contributed by atoms with van der Waals surface area (Å²) in [6.45, 7) is 6.21. The number of ketones is 1. The van der Waals surface area contributed by atoms with E-state index in [-0.39, 0.29) is 43.6 Å². The van der Waals surface area contributed by atoms with Crippen molar-refractivity contribution < 1.29 is 38.4 Å². The Balaban J connectivity index is 1.47. The van der Waals surface area contributed by atoms with Crippen molar-refractivity contribution in [3.05, 3.63) is 35.1 Å². The molecule has 1 N–H and O–H groups in total. The molecule has 9 heteroatoms. The first-order valence-corrected chi connectivity index (χ1v) is 13.4. The number of carbonyl (C=O) groups is 3. The quantitative estimate of drug-likeness (QED) is 0.485. The van der Waals surface area contributed by atoms with Crippen molar-refractivity contribution in [1.82, 2.24) is 4.90 Å². The normalized spacial score (nSPS) is 29.6. The molecule has 0 unspecified atom stereocenters. The van der Waals surface area contributed by atoms with E-state index < -0.39 is 35.0 Å². The molecule has 2 bridgehead atoms. The molecule has 1 spiro atoms. The third-order valence-electron chi connectivity index (χ3n) is 8.63. The summed E-state index contributed by atoms with van der Waals surface area (Å²) in [7, 11) is 3.61. The van der Waals surface area contributed by atoms with Gasteiger partial charge in [-0.25, -0.2) is 0 Å². The molecule has 206 valence electrons. The number of hydrogen-bond acceptors (Lipinski definition) is 9. The van der Waals surface area contributed by atoms with Gasteiger partial charge in [0.25, 0.3) is 0 Å². The van der Waals surface area contributed by atoms with Crippen LogP contribution in [0.15, 0.2) is 24.0 Å². The van der Waals surface area contributed by atoms with Crippen LogP contribution in [0.3, 0.4) is 0 Å². The van der Waals surface area contributed by atoms with Gasteiger partial charge in [0.15, 0.2) is 17.6 Å². The maximum absolute atomic E-state index is 13.4. The lowest BCUT2D eigenvalue weighted by Crippen LogP contribution is -2.74. The van der Waals surface area contributed by atoms with Crippen LogP contribution in [-0.2, 0) is 35.7 Å². The summed E-state index contributed by atoms with van der Waals surface area (Å²) in [5.74, 6) is -0.815. The molecule has 2 aliphatic carbocycles. The molecule has 2 heterocycles. The van der Waals surface area contributed by atoms with Crippen molar-refractivity contribution in [2.24, 2.45) is 11.8 Å². The number of rotatable bonds is 9. The maximum atomic E-state index is 13.4. The van der Waals surface area contributed by atoms with Crippen LogP contribution in [0, 0.1) is 11.8 Å². The van der Waals surface area contributed by atoms with E-state index in [2.05, 4.69) is 4.90 Å². The van der Waals surface area contributed by atoms with Gasteiger partial charge < -0.3 is 33.7 Å². The summed E-state index contributed by atoms with van der Waals surface area (Å²) in [5.41, 5.74) is 0.107. The predicted octanol–water partition coefficient (Wildman–Crippen LogP) is 2.70. The van der Waals surface area contributed by atoms with Gasteiger partial charge >= 0.3 is 11.9 Å². The average molecular weight is 528 g/mol. The summed E-state index contributed by atoms with van der Waals surface area (Å²) in [6, 6.07) is 3.79. The van der Waals surface area contributed by atoms with E-state index in [0.29, 0.717) is 30.1 Å². The van der Waals surface area contributed by atoms with Crippen molar-refractivity contribution in [3.63, 3.8) is 0 Å². The van der Waals surface area contributed by atoms with Crippen LogP contribution in [0.2, 0.25) is 0 Å². The number of esters is 2. The Bertz CT molecular complexity index is 1190. The zero-order valence-corrected chi connectivity index (χ0v) is 22.7. The van der Waals surface area contributed by atoms with E-state index in [1.807, 2.05) is 33.0 Å². The van der Waals surface area contributed by atoms with E-state index >= 15 is 0 Å². The number of aliphatic hydroxyl groups is 1. The largest absolute Gasteiger partial charge is 0.493 e. The topological polar surface area (TPSA) is 112 Å². The number of Topliss-reactive ketones (excluding diaryl/α,β-unsaturated/α-hetero) is 1. The highest BCUT2D eigenvalue weighted by atomic mass is 16.6. The van der Waals surface area contributed by atoms with E-state index in [0.717, 1.165) is 17.7 Å². The SMILES string of the molecule is COc1ccc2c3c1O[C@H]1C(OC(=O)[C@@H](CC(C)=O)CC(=O)OCC(C)C)=CC[C@@]4(O)[C@@H](C2)N(C)CC[C@]314. The Morgan fingerprint density at radius 1 is 1.24 bits per heavy atom. The fraction of sp³-hybridized carbons (Fsp3) is 0.621. The van der Waals surface area contributed by atoms with E-state index in [1.165, 1.54) is 6.92 Å². The van der Waals surface area contributed by atoms with Crippen molar-refractivity contribution in [3.8, 4) is 11.5 Å². The van der Waals surface area contributed by atoms with Gasteiger partial charge in [-0.15, -0.1) is 0 Å². The first-order chi connectivity index (χ1) is 18.0. The second-order valence-corrected chi connectivity index (χ2v) is 11.6. The summed E-state index contributed by atoms with van der Waals surface area (Å²) < 4.78 is 23.3. The van der Waals surface area contributed by atoms with Crippen LogP contribution in [0.5, 0.6) is 11.5 Å². The van der Waals surface area contributed by atoms with Crippen LogP contribution in [0.25, 0.3) is 0 Å². The number of benzene rings is 1. The number of likely N-dealkylation sites (tertiary alicyclic amines) is 1. The second-order valence-electron chi connectivity index (χ2n) is 11.6. The number of carbonyl (C=O) groups excluding carboxylic acids is 3. The molecule has 1 aromatic rings. The molecular formula is C29H37NO8. The van der Waals surface area contributed by atoms with Gasteiger partial charge in [0.05, 0.1) is 37.1 Å². The summed E-state index contributed by atoms with van der Waals surface area (Å²) in [5, 5.41) is 12.3. The van der Waals surface area contributed by atoms with Crippen LogP contribution < -0.4 is 9.47 Å². The molecule has 1 aromatic carbocycles. The molecule has 0 amide bonds. The highest BCUT2D eigenvalue weighted by molar-refractivity contribution is 5.86. The van der Waals surface area contributed by atoms with Crippen LogP contribution >= 0.6 is 0 Å². The van der Waals surface area contributed by atoms with Crippen LogP contribution in [0.1, 0.15) is 57.6 Å². The number of piperidine rings is 1. The molecule has 1 fully saturated rings. The number of nitrogens with zero attached hydrogens (tertiary/aromatic N) is 1. The second kappa shape index (κ2) is 9.68. The van der Waals surface area contributed by atoms with Crippen LogP contribution in [0.4, 0.5) is 0 Å². The lowest BCUT2D eigenvalue weighted by molar-refractivity contribution is -0.171. The Morgan fingerprint density at radius 3 is 2.68 bits per heavy atom. The standard InChI is InChI=1S/C29H37NO8/c1-16(2)15-36-23(32)14-19(12-17(3)31)27(33)37-21-8-9-29(34)22-13-18-6-7-20(35-5)25-24(18)28(29,26(21)38-25)10-11-30(22)4/h6-8,16,19,22,26,34H,9-15H2,1-5H3/t19-,22+,26-,28-,29+/m0/s1. The van der Waals surface area contributed by atoms with E-state index in [9.17, 15) is 19.5 Å². The van der Waals surface area contributed by atoms with Gasteiger partial charge in [0, 0.05) is 24.4 Å². The Morgan fingerprint density at radius 2 is 2.00 bits per heavy atom. The molecule has 2 aliphatic heterocycles. The molecule has 9 nitrogen and oxygen atoms in total. The van der Waals surface area contributed by atoms with Gasteiger partial charge in [-0.05, 0) is 57.0 Å². The third kappa shape index (κ3) is 4.02. The third-order valence-corrected chi connectivity index (χ3v) is 8.63. The zero-order chi connectivity index (χ0) is 27.4. The van der Waals surface area contributed by atoms with Gasteiger partial charge in [0.1, 0.15) is 11.5 Å². The molecule has 0 saturated carbocycles. The van der Waals surface area contributed by atoms with Gasteiger partial charge in [-0.2, -0.15) is 0 Å². The summed E-state index contributed by atoms with van der Waals surface area (Å²) in [6.07, 6.45) is 2.20. The number of likely N-dealkylation sites (N-methyl/N-ethyl adjacent to an activating group) is 1. The Labute approximate surface area is 223 Å². The monoisotopic (exact) mass is 527 g/mol. The van der Waals surface area contributed by atoms with Crippen molar-refractivity contribution in [2.75, 3.05) is 27.3 Å². The first kappa shape index (κ1) is 26.7. The van der Waals surface area contributed by atoms with E-state index in [4.69, 9.17) is 18.9 Å². The summed E-state index contributed by atoms with van der Waals surface area (Å²) in [4.78, 5) is 40.0. The van der Waals surface area contributed by atoms with Gasteiger partial charge in [-0.3, -0.25) is 9.59 Å². The number of hydrogen-bond donors (Lipinski definition) is 1. The fourth-order valence-electron chi connectivity index (χ4n) is 6.89. The smallest absolute Gasteiger partial charge is 0.315 e. The molecule has 5 atom stereocenters. The summed E-state index contributed by atoms with van der Waals surface area (Å²) >= 11 is 0. The average Bonchev–Trinajstić information content (AvgIpc) is 3.21. The number of ether oxygens (including phenoxy) is 4. The van der Waals surface area contributed by atoms with Gasteiger partial charge in [-0.1, -0.05) is 19.9 Å². The lowest BCUT2D eigenvalue weighted by Gasteiger charge is -2.61.